The molecule has 0 saturated carbocycles. The number of nitrogens with two attached hydrogens (primary N) is 1. The Bertz CT molecular complexity index is 1390. The third-order valence-electron chi connectivity index (χ3n) is 6.41. The zero-order chi connectivity index (χ0) is 28.3. The van der Waals surface area contributed by atoms with E-state index in [1.165, 1.54) is 24.3 Å². The number of hydrogen-bond donors (Lipinski definition) is 3. The maximum Gasteiger partial charge on any atom is 0.349 e. The number of halogens is 2. The van der Waals surface area contributed by atoms with Gasteiger partial charge in [-0.2, -0.15) is 0 Å². The van der Waals surface area contributed by atoms with Gasteiger partial charge in [-0.05, 0) is 49.9 Å². The number of piperidine rings is 2. The molecule has 4 N–H and O–H groups in total. The molecule has 2 fully saturated rings. The van der Waals surface area contributed by atoms with Gasteiger partial charge >= 0.3 is 11.9 Å². The number of ether oxygens (including phenoxy) is 1. The molecule has 2 aromatic rings. The van der Waals surface area contributed by atoms with Crippen LogP contribution in [0.3, 0.4) is 0 Å². The topological polar surface area (TPSA) is 165 Å². The number of imide groups is 1. The van der Waals surface area contributed by atoms with Crippen molar-refractivity contribution < 1.29 is 60.8 Å². The first-order valence-corrected chi connectivity index (χ1v) is 12.1. The first-order valence-electron chi connectivity index (χ1n) is 12.1. The number of nitrogens with one attached hydrogen (secondary N) is 2. The second-order valence-corrected chi connectivity index (χ2v) is 8.97. The average molecular weight is 593 g/mol. The molecule has 4 heterocycles. The fraction of sp³-hybridized carbons (Fsp3) is 0.308. The van der Waals surface area contributed by atoms with Crippen LogP contribution in [0.2, 0.25) is 0 Å². The summed E-state index contributed by atoms with van der Waals surface area (Å²) in [6.45, 7) is 1.33. The third kappa shape index (κ3) is 6.11. The van der Waals surface area contributed by atoms with Gasteiger partial charge in [-0.15, -0.1) is 0 Å². The van der Waals surface area contributed by atoms with E-state index in [1.807, 2.05) is 0 Å². The van der Waals surface area contributed by atoms with E-state index in [2.05, 4.69) is 15.4 Å². The van der Waals surface area contributed by atoms with Gasteiger partial charge < -0.3 is 21.1 Å². The molecule has 14 heteroatoms. The van der Waals surface area contributed by atoms with E-state index >= 15 is 0 Å². The van der Waals surface area contributed by atoms with Crippen molar-refractivity contribution in [1.29, 1.82) is 0 Å². The monoisotopic (exact) mass is 593 g/mol. The number of amides is 4. The van der Waals surface area contributed by atoms with Gasteiger partial charge in [0.1, 0.15) is 23.2 Å². The molecular formula is C26H24F2N4O7V. The van der Waals surface area contributed by atoms with Crippen LogP contribution < -0.4 is 16.4 Å². The van der Waals surface area contributed by atoms with Crippen LogP contribution in [0.5, 0.6) is 0 Å². The van der Waals surface area contributed by atoms with Crippen LogP contribution in [-0.4, -0.2) is 65.6 Å². The van der Waals surface area contributed by atoms with Crippen LogP contribution in [0.15, 0.2) is 36.4 Å². The van der Waals surface area contributed by atoms with E-state index in [-0.39, 0.29) is 58.7 Å². The molecule has 11 nitrogen and oxygen atoms in total. The number of fused-ring (bicyclic) bond motifs is 2. The van der Waals surface area contributed by atoms with Crippen molar-refractivity contribution in [3.8, 4) is 0 Å². The molecule has 4 aliphatic heterocycles. The van der Waals surface area contributed by atoms with Gasteiger partial charge in [-0.3, -0.25) is 24.1 Å². The molecule has 6 rings (SSSR count). The van der Waals surface area contributed by atoms with E-state index in [4.69, 9.17) is 5.73 Å². The summed E-state index contributed by atoms with van der Waals surface area (Å²) in [6, 6.07) is 6.65. The van der Waals surface area contributed by atoms with Crippen LogP contribution >= 0.6 is 0 Å². The maximum atomic E-state index is 13.7. The molecular weight excluding hydrogens is 569 g/mol. The SMILES string of the molecule is NC1CCCNC1=O.O=C1NCCCC1N1C(=O)c2cccc(F)c2C1=O.O=C1OC(=O)c2c(F)cccc21.[V]. The van der Waals surface area contributed by atoms with Crippen molar-refractivity contribution >= 4 is 35.6 Å². The van der Waals surface area contributed by atoms with Gasteiger partial charge in [0, 0.05) is 31.6 Å². The quantitative estimate of drug-likeness (QED) is 0.251. The molecule has 209 valence electrons. The van der Waals surface area contributed by atoms with Crippen molar-refractivity contribution in [1.82, 2.24) is 15.5 Å². The van der Waals surface area contributed by atoms with E-state index in [1.54, 1.807) is 0 Å². The third-order valence-corrected chi connectivity index (χ3v) is 6.41. The summed E-state index contributed by atoms with van der Waals surface area (Å²) in [6.07, 6.45) is 2.96. The minimum absolute atomic E-state index is 0. The van der Waals surface area contributed by atoms with Crippen LogP contribution in [0.1, 0.15) is 67.1 Å². The van der Waals surface area contributed by atoms with E-state index in [9.17, 15) is 37.5 Å². The summed E-state index contributed by atoms with van der Waals surface area (Å²) in [5.74, 6) is -4.82. The number of esters is 2. The smallest absolute Gasteiger partial charge is 0.349 e. The molecule has 0 spiro atoms. The Morgan fingerprint density at radius 3 is 1.85 bits per heavy atom. The number of rotatable bonds is 1. The van der Waals surface area contributed by atoms with Crippen molar-refractivity contribution in [3.63, 3.8) is 0 Å². The average Bonchev–Trinajstić information content (AvgIpc) is 3.35. The Labute approximate surface area is 238 Å². The molecule has 0 aliphatic carbocycles. The molecule has 2 aromatic carbocycles. The molecule has 2 atom stereocenters. The molecule has 2 unspecified atom stereocenters. The predicted octanol–water partition coefficient (Wildman–Crippen LogP) is 1.06. The number of nitrogens with zero attached hydrogens (tertiary/aromatic N) is 1. The first-order chi connectivity index (χ1) is 18.6. The van der Waals surface area contributed by atoms with Crippen LogP contribution in [0.4, 0.5) is 8.78 Å². The van der Waals surface area contributed by atoms with E-state index in [0.717, 1.165) is 36.4 Å². The molecule has 0 aromatic heterocycles. The largest absolute Gasteiger partial charge is 0.386 e. The summed E-state index contributed by atoms with van der Waals surface area (Å²) in [7, 11) is 0. The number of carbonyl (C=O) groups excluding carboxylic acids is 6. The summed E-state index contributed by atoms with van der Waals surface area (Å²) in [5.41, 5.74) is 4.90. The van der Waals surface area contributed by atoms with Crippen LogP contribution in [0.25, 0.3) is 0 Å². The molecule has 0 bridgehead atoms. The van der Waals surface area contributed by atoms with Crippen LogP contribution in [-0.2, 0) is 32.9 Å². The fourth-order valence-electron chi connectivity index (χ4n) is 4.44. The Morgan fingerprint density at radius 1 is 0.750 bits per heavy atom. The fourth-order valence-corrected chi connectivity index (χ4v) is 4.44. The van der Waals surface area contributed by atoms with Gasteiger partial charge in [0.2, 0.25) is 11.8 Å². The number of benzene rings is 2. The number of cyclic esters (lactones) is 2. The first kappa shape index (κ1) is 30.6. The Morgan fingerprint density at radius 2 is 1.32 bits per heavy atom. The van der Waals surface area contributed by atoms with Gasteiger partial charge in [-0.25, -0.2) is 18.4 Å². The van der Waals surface area contributed by atoms with Crippen LogP contribution in [0, 0.1) is 11.6 Å². The normalized spacial score (nSPS) is 20.9. The molecule has 4 amide bonds. The summed E-state index contributed by atoms with van der Waals surface area (Å²) < 4.78 is 30.7. The zero-order valence-electron chi connectivity index (χ0n) is 20.9. The van der Waals surface area contributed by atoms with Crippen molar-refractivity contribution in [2.45, 2.75) is 37.8 Å². The Kier molecular flexibility index (Phi) is 9.90. The number of carbonyl (C=O) groups is 6. The van der Waals surface area contributed by atoms with Crippen molar-refractivity contribution in [2.24, 2.45) is 5.73 Å². The van der Waals surface area contributed by atoms with Crippen molar-refractivity contribution in [2.75, 3.05) is 13.1 Å². The summed E-state index contributed by atoms with van der Waals surface area (Å²) >= 11 is 0. The van der Waals surface area contributed by atoms with E-state index < -0.39 is 41.4 Å². The number of hydrogen-bond acceptors (Lipinski definition) is 8. The van der Waals surface area contributed by atoms with Gasteiger partial charge in [0.25, 0.3) is 11.8 Å². The van der Waals surface area contributed by atoms with E-state index in [0.29, 0.717) is 19.4 Å². The van der Waals surface area contributed by atoms with Gasteiger partial charge in [0.05, 0.1) is 22.7 Å². The molecule has 4 aliphatic rings. The minimum atomic E-state index is -0.909. The zero-order valence-corrected chi connectivity index (χ0v) is 22.3. The molecule has 1 radical (unpaired) electrons. The van der Waals surface area contributed by atoms with Gasteiger partial charge in [-0.1, -0.05) is 12.1 Å². The predicted molar refractivity (Wildman–Crippen MR) is 129 cm³/mol. The van der Waals surface area contributed by atoms with Gasteiger partial charge in [0.15, 0.2) is 0 Å². The second kappa shape index (κ2) is 12.9. The maximum absolute atomic E-state index is 13.7. The molecule has 40 heavy (non-hydrogen) atoms. The Hall–Kier alpha value is -3.94. The second-order valence-electron chi connectivity index (χ2n) is 8.97. The summed E-state index contributed by atoms with van der Waals surface area (Å²) in [4.78, 5) is 69.1. The summed E-state index contributed by atoms with van der Waals surface area (Å²) in [5, 5.41) is 5.28. The minimum Gasteiger partial charge on any atom is -0.386 e. The van der Waals surface area contributed by atoms with Crippen molar-refractivity contribution in [3.05, 3.63) is 70.3 Å². The Balaban J connectivity index is 0.000000180. The molecule has 2 saturated heterocycles. The standard InChI is InChI=1S/C13H11FN2O3.C8H3FO3.C5H10N2O.V/c14-8-4-1-3-7-10(8)13(19)16(12(7)18)9-5-2-6-15-11(9)17;9-5-3-1-2-4-6(5)8(11)12-7(4)10;6-4-2-1-3-7-5(4)8;/h1,3-4,9H,2,5-6H2,(H,15,17);1-3H;4H,1-3,6H2,(H,7,8);.